The molecule has 4 nitrogen and oxygen atoms in total. The summed E-state index contributed by atoms with van der Waals surface area (Å²) in [5.41, 5.74) is -1.09. The monoisotopic (exact) mass is 236 g/mol. The topological polar surface area (TPSA) is 56.0 Å². The summed E-state index contributed by atoms with van der Waals surface area (Å²) < 4.78 is 36.7. The fraction of sp³-hybridized carbons (Fsp3) is 0.444. The van der Waals surface area contributed by atoms with Crippen LogP contribution in [0.1, 0.15) is 25.0 Å². The molecule has 0 bridgehead atoms. The first kappa shape index (κ1) is 14.3. The Hall–Kier alpha value is -1.66. The van der Waals surface area contributed by atoms with Crippen molar-refractivity contribution in [2.24, 2.45) is 0 Å². The number of aryl methyl sites for hydroxylation is 1. The zero-order valence-corrected chi connectivity index (χ0v) is 9.00. The first-order valence-electron chi connectivity index (χ1n) is 4.50. The van der Waals surface area contributed by atoms with Crippen LogP contribution in [0.25, 0.3) is 0 Å². The summed E-state index contributed by atoms with van der Waals surface area (Å²) in [5.74, 6) is -1.16. The van der Waals surface area contributed by atoms with Gasteiger partial charge in [0.15, 0.2) is 5.56 Å². The Bertz CT molecular complexity index is 378. The summed E-state index contributed by atoms with van der Waals surface area (Å²) in [7, 11) is 0. The molecule has 16 heavy (non-hydrogen) atoms. The van der Waals surface area contributed by atoms with Crippen molar-refractivity contribution in [3.63, 3.8) is 0 Å². The second-order valence-corrected chi connectivity index (χ2v) is 2.64. The van der Waals surface area contributed by atoms with Crippen LogP contribution in [0.5, 0.6) is 0 Å². The lowest BCUT2D eigenvalue weighted by atomic mass is 10.2. The van der Waals surface area contributed by atoms with E-state index in [1.165, 1.54) is 6.92 Å². The highest BCUT2D eigenvalue weighted by Crippen LogP contribution is 2.34. The van der Waals surface area contributed by atoms with Crippen LogP contribution in [0.15, 0.2) is 12.3 Å². The molecule has 0 saturated heterocycles. The SMILES string of the molecule is CC.Cc1cnc([N+](=O)[O-])c(C(F)(F)F)c1. The minimum atomic E-state index is -4.75. The Labute approximate surface area is 90.3 Å². The molecule has 0 spiro atoms. The van der Waals surface area contributed by atoms with E-state index in [9.17, 15) is 23.3 Å². The molecule has 1 aromatic heterocycles. The van der Waals surface area contributed by atoms with Crippen LogP contribution in [0.3, 0.4) is 0 Å². The van der Waals surface area contributed by atoms with E-state index in [4.69, 9.17) is 0 Å². The van der Waals surface area contributed by atoms with Crippen molar-refractivity contribution in [1.29, 1.82) is 0 Å². The van der Waals surface area contributed by atoms with Crippen LogP contribution < -0.4 is 0 Å². The lowest BCUT2D eigenvalue weighted by molar-refractivity contribution is -0.392. The van der Waals surface area contributed by atoms with E-state index in [1.54, 1.807) is 0 Å². The second kappa shape index (κ2) is 5.43. The average molecular weight is 236 g/mol. The molecule has 1 rings (SSSR count). The van der Waals surface area contributed by atoms with Crippen LogP contribution in [-0.4, -0.2) is 9.91 Å². The molecule has 1 heterocycles. The number of halogens is 3. The van der Waals surface area contributed by atoms with Crippen molar-refractivity contribution in [1.82, 2.24) is 4.98 Å². The number of rotatable bonds is 1. The van der Waals surface area contributed by atoms with Crippen LogP contribution in [0.2, 0.25) is 0 Å². The van der Waals surface area contributed by atoms with Gasteiger partial charge in [0.05, 0.1) is 0 Å². The highest BCUT2D eigenvalue weighted by molar-refractivity contribution is 5.36. The third-order valence-corrected chi connectivity index (χ3v) is 1.48. The van der Waals surface area contributed by atoms with E-state index < -0.39 is 22.5 Å². The molecule has 0 aliphatic heterocycles. The smallest absolute Gasteiger partial charge is 0.358 e. The van der Waals surface area contributed by atoms with E-state index in [1.807, 2.05) is 13.8 Å². The van der Waals surface area contributed by atoms with Crippen molar-refractivity contribution in [3.05, 3.63) is 33.5 Å². The van der Waals surface area contributed by atoms with E-state index >= 15 is 0 Å². The molecule has 0 aliphatic carbocycles. The molecule has 0 amide bonds. The van der Waals surface area contributed by atoms with Crippen molar-refractivity contribution in [2.75, 3.05) is 0 Å². The van der Waals surface area contributed by atoms with Gasteiger partial charge in [0.2, 0.25) is 0 Å². The first-order valence-corrected chi connectivity index (χ1v) is 4.50. The number of alkyl halides is 3. The number of aromatic nitrogens is 1. The first-order chi connectivity index (χ1) is 7.32. The molecule has 1 aromatic rings. The van der Waals surface area contributed by atoms with Gasteiger partial charge in [-0.3, -0.25) is 0 Å². The van der Waals surface area contributed by atoms with Crippen molar-refractivity contribution in [2.45, 2.75) is 26.9 Å². The van der Waals surface area contributed by atoms with E-state index in [0.717, 1.165) is 6.20 Å². The Balaban J connectivity index is 0.00000106. The second-order valence-electron chi connectivity index (χ2n) is 2.64. The molecular formula is C9H11F3N2O2. The predicted octanol–water partition coefficient (Wildman–Crippen LogP) is 3.34. The summed E-state index contributed by atoms with van der Waals surface area (Å²) in [5, 5.41) is 10.2. The summed E-state index contributed by atoms with van der Waals surface area (Å²) in [4.78, 5) is 12.2. The number of hydrogen-bond acceptors (Lipinski definition) is 3. The Morgan fingerprint density at radius 3 is 2.25 bits per heavy atom. The van der Waals surface area contributed by atoms with Crippen LogP contribution in [0.4, 0.5) is 19.0 Å². The molecule has 0 N–H and O–H groups in total. The van der Waals surface area contributed by atoms with Gasteiger partial charge in [0.25, 0.3) is 0 Å². The lowest BCUT2D eigenvalue weighted by Crippen LogP contribution is -2.10. The van der Waals surface area contributed by atoms with Crippen molar-refractivity contribution < 1.29 is 18.1 Å². The van der Waals surface area contributed by atoms with Gasteiger partial charge in [-0.05, 0) is 28.5 Å². The third kappa shape index (κ3) is 3.48. The van der Waals surface area contributed by atoms with Crippen LogP contribution in [-0.2, 0) is 6.18 Å². The maximum atomic E-state index is 12.2. The van der Waals surface area contributed by atoms with Crippen molar-refractivity contribution >= 4 is 5.82 Å². The van der Waals surface area contributed by atoms with Gasteiger partial charge in [-0.15, -0.1) is 0 Å². The zero-order valence-electron chi connectivity index (χ0n) is 9.00. The van der Waals surface area contributed by atoms with Gasteiger partial charge >= 0.3 is 12.0 Å². The molecule has 0 aromatic carbocycles. The maximum absolute atomic E-state index is 12.2. The van der Waals surface area contributed by atoms with Crippen LogP contribution >= 0.6 is 0 Å². The molecule has 0 saturated carbocycles. The lowest BCUT2D eigenvalue weighted by Gasteiger charge is -2.06. The zero-order chi connectivity index (χ0) is 12.9. The molecular weight excluding hydrogens is 225 g/mol. The summed E-state index contributed by atoms with van der Waals surface area (Å²) in [6.45, 7) is 5.38. The van der Waals surface area contributed by atoms with Gasteiger partial charge in [-0.25, -0.2) is 0 Å². The quantitative estimate of drug-likeness (QED) is 0.555. The fourth-order valence-corrected chi connectivity index (χ4v) is 0.916. The average Bonchev–Trinajstić information content (AvgIpc) is 2.19. The molecule has 0 aliphatic rings. The molecule has 0 atom stereocenters. The fourth-order valence-electron chi connectivity index (χ4n) is 0.916. The summed E-state index contributed by atoms with van der Waals surface area (Å²) in [6, 6.07) is 0.700. The maximum Gasteiger partial charge on any atom is 0.424 e. The van der Waals surface area contributed by atoms with Crippen LogP contribution in [0, 0.1) is 17.0 Å². The van der Waals surface area contributed by atoms with Gasteiger partial charge in [0.1, 0.15) is 6.20 Å². The minimum absolute atomic E-state index is 0.225. The number of hydrogen-bond donors (Lipinski definition) is 0. The number of pyridine rings is 1. The Kier molecular flexibility index (Phi) is 4.87. The Morgan fingerprint density at radius 1 is 1.38 bits per heavy atom. The van der Waals surface area contributed by atoms with E-state index in [2.05, 4.69) is 4.98 Å². The third-order valence-electron chi connectivity index (χ3n) is 1.48. The molecule has 0 fully saturated rings. The minimum Gasteiger partial charge on any atom is -0.358 e. The standard InChI is InChI=1S/C7H5F3N2O2.C2H6/c1-4-2-5(7(8,9)10)6(11-3-4)12(13)14;1-2/h2-3H,1H3;1-2H3. The molecule has 0 radical (unpaired) electrons. The van der Waals surface area contributed by atoms with E-state index in [-0.39, 0.29) is 5.56 Å². The highest BCUT2D eigenvalue weighted by atomic mass is 19.4. The molecule has 7 heteroatoms. The summed E-state index contributed by atoms with van der Waals surface area (Å²) >= 11 is 0. The largest absolute Gasteiger partial charge is 0.424 e. The molecule has 0 unspecified atom stereocenters. The molecule has 90 valence electrons. The van der Waals surface area contributed by atoms with Gasteiger partial charge in [-0.2, -0.15) is 13.2 Å². The van der Waals surface area contributed by atoms with Crippen molar-refractivity contribution in [3.8, 4) is 0 Å². The normalized spacial score (nSPS) is 10.4. The summed E-state index contributed by atoms with van der Waals surface area (Å²) in [6.07, 6.45) is -3.73. The van der Waals surface area contributed by atoms with E-state index in [0.29, 0.717) is 6.07 Å². The predicted molar refractivity (Wildman–Crippen MR) is 52.0 cm³/mol. The Morgan fingerprint density at radius 2 is 1.88 bits per heavy atom. The number of nitro groups is 1. The van der Waals surface area contributed by atoms with Gasteiger partial charge < -0.3 is 10.1 Å². The highest BCUT2D eigenvalue weighted by Gasteiger charge is 2.39. The number of nitrogens with zero attached hydrogens (tertiary/aromatic N) is 2. The van der Waals surface area contributed by atoms with Gasteiger partial charge in [-0.1, -0.05) is 13.8 Å². The van der Waals surface area contributed by atoms with Gasteiger partial charge in [0, 0.05) is 0 Å².